The first-order chi connectivity index (χ1) is 13.6. The van der Waals surface area contributed by atoms with Crippen LogP contribution in [-0.4, -0.2) is 42.5 Å². The fourth-order valence-corrected chi connectivity index (χ4v) is 3.10. The number of esters is 1. The number of aryl methyl sites for hydroxylation is 1. The Labute approximate surface area is 167 Å². The van der Waals surface area contributed by atoms with Crippen LogP contribution in [0.4, 0.5) is 0 Å². The molecule has 3 rings (SSSR count). The molecule has 0 unspecified atom stereocenters. The van der Waals surface area contributed by atoms with Gasteiger partial charge in [-0.2, -0.15) is 0 Å². The number of ether oxygens (including phenoxy) is 3. The van der Waals surface area contributed by atoms with Gasteiger partial charge in [0.15, 0.2) is 11.6 Å². The molecule has 0 amide bonds. The van der Waals surface area contributed by atoms with E-state index < -0.39 is 5.97 Å². The zero-order chi connectivity index (χ0) is 19.9. The monoisotopic (exact) mass is 400 g/mol. The molecule has 8 heteroatoms. The van der Waals surface area contributed by atoms with Gasteiger partial charge in [0.2, 0.25) is 0 Å². The lowest BCUT2D eigenvalue weighted by Gasteiger charge is -2.11. The van der Waals surface area contributed by atoms with Gasteiger partial charge in [0, 0.05) is 0 Å². The molecule has 28 heavy (non-hydrogen) atoms. The molecule has 0 aliphatic heterocycles. The van der Waals surface area contributed by atoms with Crippen LogP contribution in [0.25, 0.3) is 11.6 Å². The third-order valence-corrected chi connectivity index (χ3v) is 4.52. The lowest BCUT2D eigenvalue weighted by Crippen LogP contribution is -2.16. The summed E-state index contributed by atoms with van der Waals surface area (Å²) in [7, 11) is 1.60. The zero-order valence-corrected chi connectivity index (χ0v) is 16.6. The van der Waals surface area contributed by atoms with Gasteiger partial charge in [-0.3, -0.25) is 0 Å². The molecule has 0 atom stereocenters. The van der Waals surface area contributed by atoms with Crippen molar-refractivity contribution in [3.05, 3.63) is 53.9 Å². The molecule has 2 aromatic heterocycles. The minimum Gasteiger partial charge on any atom is -0.497 e. The highest BCUT2D eigenvalue weighted by atomic mass is 32.2. The van der Waals surface area contributed by atoms with Crippen LogP contribution in [0.2, 0.25) is 0 Å². The molecule has 0 bridgehead atoms. The second-order valence-electron chi connectivity index (χ2n) is 5.65. The number of furan rings is 1. The Balaban J connectivity index is 1.61. The van der Waals surface area contributed by atoms with Crippen molar-refractivity contribution in [3.8, 4) is 23.1 Å². The molecule has 0 aliphatic rings. The number of benzene rings is 1. The second kappa shape index (κ2) is 9.27. The molecule has 3 aromatic rings. The van der Waals surface area contributed by atoms with E-state index in [1.165, 1.54) is 11.8 Å². The van der Waals surface area contributed by atoms with Gasteiger partial charge in [-0.1, -0.05) is 0 Å². The summed E-state index contributed by atoms with van der Waals surface area (Å²) in [5.41, 5.74) is 0.888. The van der Waals surface area contributed by atoms with E-state index in [0.29, 0.717) is 33.6 Å². The van der Waals surface area contributed by atoms with Crippen LogP contribution in [0.3, 0.4) is 0 Å². The summed E-state index contributed by atoms with van der Waals surface area (Å²) in [6.45, 7) is 2.09. The van der Waals surface area contributed by atoms with E-state index in [1.807, 2.05) is 6.26 Å². The van der Waals surface area contributed by atoms with Gasteiger partial charge in [0.05, 0.1) is 19.1 Å². The number of thioether (sulfide) groups is 1. The van der Waals surface area contributed by atoms with Gasteiger partial charge in [-0.15, -0.1) is 11.8 Å². The van der Waals surface area contributed by atoms with Crippen LogP contribution >= 0.6 is 11.8 Å². The molecule has 0 spiro atoms. The van der Waals surface area contributed by atoms with Crippen LogP contribution in [0.5, 0.6) is 11.5 Å². The summed E-state index contributed by atoms with van der Waals surface area (Å²) in [6, 6.07) is 10.7. The van der Waals surface area contributed by atoms with E-state index in [1.54, 1.807) is 56.7 Å². The molecule has 7 nitrogen and oxygen atoms in total. The number of carbonyl (C=O) groups is 1. The van der Waals surface area contributed by atoms with Crippen molar-refractivity contribution in [2.45, 2.75) is 11.9 Å². The summed E-state index contributed by atoms with van der Waals surface area (Å²) in [6.07, 6.45) is 3.40. The van der Waals surface area contributed by atoms with Crippen molar-refractivity contribution in [1.82, 2.24) is 9.97 Å². The topological polar surface area (TPSA) is 83.7 Å². The van der Waals surface area contributed by atoms with Crippen LogP contribution in [0.1, 0.15) is 16.1 Å². The number of rotatable bonds is 8. The third-order valence-electron chi connectivity index (χ3n) is 3.84. The van der Waals surface area contributed by atoms with Crippen LogP contribution < -0.4 is 9.47 Å². The van der Waals surface area contributed by atoms with Crippen molar-refractivity contribution < 1.29 is 23.4 Å². The van der Waals surface area contributed by atoms with Crippen LogP contribution in [0.15, 0.2) is 52.1 Å². The number of hydrogen-bond acceptors (Lipinski definition) is 8. The molecule has 0 fully saturated rings. The summed E-state index contributed by atoms with van der Waals surface area (Å²) < 4.78 is 21.3. The van der Waals surface area contributed by atoms with Gasteiger partial charge in [-0.05, 0) is 49.6 Å². The van der Waals surface area contributed by atoms with E-state index in [2.05, 4.69) is 9.97 Å². The maximum Gasteiger partial charge on any atom is 0.342 e. The summed E-state index contributed by atoms with van der Waals surface area (Å²) in [4.78, 5) is 21.3. The van der Waals surface area contributed by atoms with Crippen molar-refractivity contribution in [3.63, 3.8) is 0 Å². The quantitative estimate of drug-likeness (QED) is 0.243. The van der Waals surface area contributed by atoms with E-state index in [-0.39, 0.29) is 13.2 Å². The van der Waals surface area contributed by atoms with Gasteiger partial charge >= 0.3 is 5.97 Å². The number of carbonyl (C=O) groups excluding carboxylic acids is 1. The van der Waals surface area contributed by atoms with E-state index in [4.69, 9.17) is 18.6 Å². The first-order valence-electron chi connectivity index (χ1n) is 8.53. The SMILES string of the molecule is COc1ccc(OCCOC(=O)c2c(C)nc(-c3ccco3)nc2SC)cc1. The van der Waals surface area contributed by atoms with E-state index in [9.17, 15) is 4.79 Å². The minimum atomic E-state index is -0.480. The highest BCUT2D eigenvalue weighted by molar-refractivity contribution is 7.98. The predicted octanol–water partition coefficient (Wildman–Crippen LogP) is 4.01. The fourth-order valence-electron chi connectivity index (χ4n) is 2.48. The Hall–Kier alpha value is -3.00. The predicted molar refractivity (Wildman–Crippen MR) is 105 cm³/mol. The summed E-state index contributed by atoms with van der Waals surface area (Å²) >= 11 is 1.35. The molecule has 0 saturated heterocycles. The van der Waals surface area contributed by atoms with Crippen molar-refractivity contribution in [2.24, 2.45) is 0 Å². The number of hydrogen-bond donors (Lipinski definition) is 0. The van der Waals surface area contributed by atoms with Gasteiger partial charge in [-0.25, -0.2) is 14.8 Å². The Morgan fingerprint density at radius 2 is 1.86 bits per heavy atom. The summed E-state index contributed by atoms with van der Waals surface area (Å²) in [5, 5.41) is 0.542. The average Bonchev–Trinajstić information content (AvgIpc) is 3.25. The maximum absolute atomic E-state index is 12.5. The molecule has 0 radical (unpaired) electrons. The Kier molecular flexibility index (Phi) is 6.54. The van der Waals surface area contributed by atoms with Gasteiger partial charge in [0.1, 0.15) is 35.3 Å². The van der Waals surface area contributed by atoms with E-state index in [0.717, 1.165) is 5.75 Å². The third kappa shape index (κ3) is 4.64. The van der Waals surface area contributed by atoms with Crippen LogP contribution in [-0.2, 0) is 4.74 Å². The Morgan fingerprint density at radius 1 is 1.11 bits per heavy atom. The molecule has 1 aromatic carbocycles. The number of aromatic nitrogens is 2. The van der Waals surface area contributed by atoms with Crippen molar-refractivity contribution >= 4 is 17.7 Å². The largest absolute Gasteiger partial charge is 0.497 e. The molecular formula is C20H20N2O5S. The number of methoxy groups -OCH3 is 1. The Bertz CT molecular complexity index is 927. The average molecular weight is 400 g/mol. The minimum absolute atomic E-state index is 0.109. The first-order valence-corrected chi connectivity index (χ1v) is 9.75. The highest BCUT2D eigenvalue weighted by Gasteiger charge is 2.21. The zero-order valence-electron chi connectivity index (χ0n) is 15.8. The molecule has 146 valence electrons. The standard InChI is InChI=1S/C20H20N2O5S/c1-13-17(19(28-3)22-18(21-13)16-5-4-10-26-16)20(23)27-12-11-25-15-8-6-14(24-2)7-9-15/h4-10H,11-12H2,1-3H3. The smallest absolute Gasteiger partial charge is 0.342 e. The lowest BCUT2D eigenvalue weighted by atomic mass is 10.2. The van der Waals surface area contributed by atoms with E-state index >= 15 is 0 Å². The molecule has 0 N–H and O–H groups in total. The molecule has 2 heterocycles. The normalized spacial score (nSPS) is 10.5. The first kappa shape index (κ1) is 19.8. The van der Waals surface area contributed by atoms with Crippen molar-refractivity contribution in [1.29, 1.82) is 0 Å². The molecule has 0 saturated carbocycles. The Morgan fingerprint density at radius 3 is 2.50 bits per heavy atom. The fraction of sp³-hybridized carbons (Fsp3) is 0.250. The molecular weight excluding hydrogens is 380 g/mol. The van der Waals surface area contributed by atoms with Crippen molar-refractivity contribution in [2.75, 3.05) is 26.6 Å². The summed E-state index contributed by atoms with van der Waals surface area (Å²) in [5.74, 6) is 1.92. The number of nitrogens with zero attached hydrogens (tertiary/aromatic N) is 2. The van der Waals surface area contributed by atoms with Gasteiger partial charge < -0.3 is 18.6 Å². The van der Waals surface area contributed by atoms with Gasteiger partial charge in [0.25, 0.3) is 0 Å². The lowest BCUT2D eigenvalue weighted by molar-refractivity contribution is 0.0444. The molecule has 0 aliphatic carbocycles. The van der Waals surface area contributed by atoms with Crippen LogP contribution in [0, 0.1) is 6.92 Å². The maximum atomic E-state index is 12.5. The second-order valence-corrected chi connectivity index (χ2v) is 6.45. The highest BCUT2D eigenvalue weighted by Crippen LogP contribution is 2.25.